The molecular formula is C10H16O2. The summed E-state index contributed by atoms with van der Waals surface area (Å²) in [6.45, 7) is 4.22. The van der Waals surface area contributed by atoms with Crippen molar-refractivity contribution in [2.24, 2.45) is 0 Å². The Morgan fingerprint density at radius 1 is 1.33 bits per heavy atom. The maximum absolute atomic E-state index is 10.7. The van der Waals surface area contributed by atoms with Crippen LogP contribution in [0.25, 0.3) is 0 Å². The number of ether oxygens (including phenoxy) is 1. The molecule has 68 valence electrons. The molecule has 0 amide bonds. The van der Waals surface area contributed by atoms with Crippen LogP contribution in [-0.2, 0) is 9.53 Å². The topological polar surface area (TPSA) is 26.3 Å². The van der Waals surface area contributed by atoms with Crippen LogP contribution in [-0.4, -0.2) is 12.6 Å². The van der Waals surface area contributed by atoms with Gasteiger partial charge in [0.15, 0.2) is 0 Å². The second kappa shape index (κ2) is 8.05. The number of unbranched alkanes of at least 4 members (excludes halogenated alkanes) is 1. The van der Waals surface area contributed by atoms with Gasteiger partial charge in [0.05, 0.1) is 6.61 Å². The lowest BCUT2D eigenvalue weighted by atomic mass is 10.3. The molecule has 0 aliphatic heterocycles. The molecule has 0 atom stereocenters. The highest BCUT2D eigenvalue weighted by molar-refractivity contribution is 5.81. The zero-order chi connectivity index (χ0) is 9.23. The summed E-state index contributed by atoms with van der Waals surface area (Å²) in [6, 6.07) is 0. The van der Waals surface area contributed by atoms with Crippen molar-refractivity contribution in [3.8, 4) is 0 Å². The summed E-state index contributed by atoms with van der Waals surface area (Å²) >= 11 is 0. The van der Waals surface area contributed by atoms with Gasteiger partial charge >= 0.3 is 5.97 Å². The van der Waals surface area contributed by atoms with Crippen LogP contribution in [0.15, 0.2) is 24.3 Å². The lowest BCUT2D eigenvalue weighted by molar-refractivity contribution is -0.137. The smallest absolute Gasteiger partial charge is 0.330 e. The van der Waals surface area contributed by atoms with E-state index in [-0.39, 0.29) is 5.97 Å². The molecule has 0 N–H and O–H groups in total. The molecule has 0 saturated carbocycles. The molecule has 2 heteroatoms. The monoisotopic (exact) mass is 168 g/mol. The van der Waals surface area contributed by atoms with Gasteiger partial charge in [0.1, 0.15) is 0 Å². The summed E-state index contributed by atoms with van der Waals surface area (Å²) in [7, 11) is 0. The van der Waals surface area contributed by atoms with E-state index in [2.05, 4.69) is 6.08 Å². The zero-order valence-electron chi connectivity index (χ0n) is 7.75. The fourth-order valence-corrected chi connectivity index (χ4v) is 0.729. The fourth-order valence-electron chi connectivity index (χ4n) is 0.729. The standard InChI is InChI=1S/C10H16O2/c1-3-5-6-7-8-9-10(11)12-4-2/h3,5,8-9H,4,6-7H2,1-2H3/b5-3+,9-8+. The van der Waals surface area contributed by atoms with Crippen molar-refractivity contribution in [1.29, 1.82) is 0 Å². The molecule has 0 aromatic carbocycles. The predicted molar refractivity (Wildman–Crippen MR) is 49.8 cm³/mol. The molecule has 0 aliphatic rings. The van der Waals surface area contributed by atoms with E-state index in [1.165, 1.54) is 6.08 Å². The van der Waals surface area contributed by atoms with Crippen molar-refractivity contribution in [2.75, 3.05) is 6.61 Å². The first-order valence-electron chi connectivity index (χ1n) is 4.25. The van der Waals surface area contributed by atoms with Gasteiger partial charge in [0.2, 0.25) is 0 Å². The van der Waals surface area contributed by atoms with Crippen molar-refractivity contribution in [3.63, 3.8) is 0 Å². The molecule has 0 rings (SSSR count). The number of rotatable bonds is 5. The summed E-state index contributed by atoms with van der Waals surface area (Å²) in [5, 5.41) is 0. The zero-order valence-corrected chi connectivity index (χ0v) is 7.75. The van der Waals surface area contributed by atoms with Crippen molar-refractivity contribution in [3.05, 3.63) is 24.3 Å². The molecule has 0 heterocycles. The van der Waals surface area contributed by atoms with E-state index in [1.54, 1.807) is 6.92 Å². The summed E-state index contributed by atoms with van der Waals surface area (Å²) in [6.07, 6.45) is 9.24. The molecule has 0 aromatic rings. The van der Waals surface area contributed by atoms with Crippen molar-refractivity contribution < 1.29 is 9.53 Å². The van der Waals surface area contributed by atoms with E-state index in [4.69, 9.17) is 4.74 Å². The number of carbonyl (C=O) groups excluding carboxylic acids is 1. The summed E-state index contributed by atoms with van der Waals surface area (Å²) in [5.74, 6) is -0.252. The van der Waals surface area contributed by atoms with Gasteiger partial charge in [-0.05, 0) is 26.7 Å². The number of hydrogen-bond donors (Lipinski definition) is 0. The van der Waals surface area contributed by atoms with Crippen molar-refractivity contribution in [2.45, 2.75) is 26.7 Å². The molecule has 0 fully saturated rings. The van der Waals surface area contributed by atoms with Crippen LogP contribution in [0.2, 0.25) is 0 Å². The highest BCUT2D eigenvalue weighted by Gasteiger charge is 1.90. The van der Waals surface area contributed by atoms with Gasteiger partial charge in [-0.25, -0.2) is 4.79 Å². The van der Waals surface area contributed by atoms with E-state index in [0.717, 1.165) is 12.8 Å². The average molecular weight is 168 g/mol. The largest absolute Gasteiger partial charge is 0.463 e. The normalized spacial score (nSPS) is 11.2. The third kappa shape index (κ3) is 7.06. The van der Waals surface area contributed by atoms with E-state index in [0.29, 0.717) is 6.61 Å². The predicted octanol–water partition coefficient (Wildman–Crippen LogP) is 2.46. The number of esters is 1. The molecule has 2 nitrogen and oxygen atoms in total. The van der Waals surface area contributed by atoms with Gasteiger partial charge < -0.3 is 4.74 Å². The summed E-state index contributed by atoms with van der Waals surface area (Å²) < 4.78 is 4.70. The fraction of sp³-hybridized carbons (Fsp3) is 0.500. The average Bonchev–Trinajstić information content (AvgIpc) is 2.05. The van der Waals surface area contributed by atoms with Crippen LogP contribution in [0, 0.1) is 0 Å². The molecule has 0 unspecified atom stereocenters. The van der Waals surface area contributed by atoms with Crippen LogP contribution < -0.4 is 0 Å². The second-order valence-corrected chi connectivity index (χ2v) is 2.30. The Hall–Kier alpha value is -1.05. The van der Waals surface area contributed by atoms with Crippen LogP contribution in [0.4, 0.5) is 0 Å². The molecule has 0 spiro atoms. The number of carbonyl (C=O) groups is 1. The first kappa shape index (κ1) is 11.0. The Morgan fingerprint density at radius 3 is 2.58 bits per heavy atom. The van der Waals surface area contributed by atoms with Gasteiger partial charge in [-0.1, -0.05) is 18.2 Å². The second-order valence-electron chi connectivity index (χ2n) is 2.30. The first-order chi connectivity index (χ1) is 5.81. The quantitative estimate of drug-likeness (QED) is 0.273. The van der Waals surface area contributed by atoms with Crippen LogP contribution in [0.5, 0.6) is 0 Å². The van der Waals surface area contributed by atoms with Crippen LogP contribution in [0.3, 0.4) is 0 Å². The van der Waals surface area contributed by atoms with Crippen LogP contribution in [0.1, 0.15) is 26.7 Å². The molecule has 0 aromatic heterocycles. The maximum Gasteiger partial charge on any atom is 0.330 e. The van der Waals surface area contributed by atoms with E-state index >= 15 is 0 Å². The lowest BCUT2D eigenvalue weighted by Crippen LogP contribution is -1.98. The third-order valence-electron chi connectivity index (χ3n) is 1.28. The highest BCUT2D eigenvalue weighted by atomic mass is 16.5. The van der Waals surface area contributed by atoms with Gasteiger partial charge in [0, 0.05) is 6.08 Å². The van der Waals surface area contributed by atoms with Gasteiger partial charge in [0.25, 0.3) is 0 Å². The Morgan fingerprint density at radius 2 is 2.00 bits per heavy atom. The molecule has 12 heavy (non-hydrogen) atoms. The first-order valence-corrected chi connectivity index (χ1v) is 4.25. The molecule has 0 bridgehead atoms. The minimum absolute atomic E-state index is 0.252. The molecule has 0 radical (unpaired) electrons. The van der Waals surface area contributed by atoms with Crippen molar-refractivity contribution in [1.82, 2.24) is 0 Å². The van der Waals surface area contributed by atoms with E-state index in [1.807, 2.05) is 19.1 Å². The van der Waals surface area contributed by atoms with E-state index in [9.17, 15) is 4.79 Å². The van der Waals surface area contributed by atoms with Gasteiger partial charge in [-0.15, -0.1) is 0 Å². The maximum atomic E-state index is 10.7. The number of allylic oxidation sites excluding steroid dienone is 3. The minimum Gasteiger partial charge on any atom is -0.463 e. The molecular weight excluding hydrogens is 152 g/mol. The Kier molecular flexibility index (Phi) is 7.35. The van der Waals surface area contributed by atoms with Gasteiger partial charge in [-0.3, -0.25) is 0 Å². The highest BCUT2D eigenvalue weighted by Crippen LogP contribution is 1.93. The third-order valence-corrected chi connectivity index (χ3v) is 1.28. The summed E-state index contributed by atoms with van der Waals surface area (Å²) in [5.41, 5.74) is 0. The molecule has 0 aliphatic carbocycles. The Balaban J connectivity index is 3.41. The Labute approximate surface area is 73.9 Å². The van der Waals surface area contributed by atoms with Gasteiger partial charge in [-0.2, -0.15) is 0 Å². The SMILES string of the molecule is C/C=C/CC/C=C/C(=O)OCC. The Bertz CT molecular complexity index is 169. The van der Waals surface area contributed by atoms with E-state index < -0.39 is 0 Å². The minimum atomic E-state index is -0.252. The van der Waals surface area contributed by atoms with Crippen LogP contribution >= 0.6 is 0 Å². The van der Waals surface area contributed by atoms with Crippen molar-refractivity contribution >= 4 is 5.97 Å². The molecule has 0 saturated heterocycles. The summed E-state index contributed by atoms with van der Waals surface area (Å²) in [4.78, 5) is 10.7. The lowest BCUT2D eigenvalue weighted by Gasteiger charge is -1.93. The number of hydrogen-bond acceptors (Lipinski definition) is 2.